The van der Waals surface area contributed by atoms with E-state index in [2.05, 4.69) is 50.3 Å². The van der Waals surface area contributed by atoms with E-state index < -0.39 is 0 Å². The third-order valence-electron chi connectivity index (χ3n) is 4.73. The van der Waals surface area contributed by atoms with Crippen LogP contribution in [-0.2, 0) is 9.63 Å². The number of benzene rings is 1. The summed E-state index contributed by atoms with van der Waals surface area (Å²) >= 11 is 1.81. The van der Waals surface area contributed by atoms with Crippen LogP contribution in [0.2, 0.25) is 0 Å². The lowest BCUT2D eigenvalue weighted by Gasteiger charge is -2.34. The van der Waals surface area contributed by atoms with E-state index in [4.69, 9.17) is 4.84 Å². The number of hydrogen-bond acceptors (Lipinski definition) is 4. The minimum Gasteiger partial charge on any atom is -0.398 e. The second-order valence-corrected chi connectivity index (χ2v) is 8.69. The van der Waals surface area contributed by atoms with E-state index in [1.54, 1.807) is 18.8 Å². The van der Waals surface area contributed by atoms with Crippen LogP contribution in [-0.4, -0.2) is 30.5 Å². The van der Waals surface area contributed by atoms with Crippen LogP contribution < -0.4 is 5.32 Å². The molecule has 0 aliphatic heterocycles. The van der Waals surface area contributed by atoms with Crippen molar-refractivity contribution in [2.24, 2.45) is 5.16 Å². The van der Waals surface area contributed by atoms with Crippen LogP contribution in [0.25, 0.3) is 0 Å². The maximum absolute atomic E-state index is 12.4. The molecule has 1 aromatic carbocycles. The molecule has 1 aliphatic carbocycles. The van der Waals surface area contributed by atoms with Crippen molar-refractivity contribution in [3.8, 4) is 0 Å². The van der Waals surface area contributed by atoms with Gasteiger partial charge in [-0.1, -0.05) is 76.0 Å². The van der Waals surface area contributed by atoms with Crippen molar-refractivity contribution >= 4 is 23.4 Å². The van der Waals surface area contributed by atoms with E-state index in [1.807, 2.05) is 59.7 Å². The number of allylic oxidation sites excluding steroid dienone is 2. The van der Waals surface area contributed by atoms with Crippen molar-refractivity contribution in [3.63, 3.8) is 0 Å². The number of amides is 1. The lowest BCUT2D eigenvalue weighted by molar-refractivity contribution is -0.114. The predicted molar refractivity (Wildman–Crippen MR) is 144 cm³/mol. The van der Waals surface area contributed by atoms with Crippen LogP contribution in [0.4, 0.5) is 0 Å². The fourth-order valence-electron chi connectivity index (χ4n) is 3.14. The lowest BCUT2D eigenvalue weighted by atomic mass is 9.80. The summed E-state index contributed by atoms with van der Waals surface area (Å²) in [5, 5.41) is 6.75. The molecule has 1 aromatic rings. The molecular weight excluding hydrogens is 416 g/mol. The summed E-state index contributed by atoms with van der Waals surface area (Å²) in [5.41, 5.74) is 5.23. The fraction of sp³-hybridized carbons (Fsp3) is 0.556. The molecule has 1 N–H and O–H groups in total. The quantitative estimate of drug-likeness (QED) is 0.203. The number of thioether (sulfide) groups is 1. The lowest BCUT2D eigenvalue weighted by Crippen LogP contribution is -2.33. The molecule has 0 aromatic heterocycles. The Morgan fingerprint density at radius 1 is 0.969 bits per heavy atom. The first-order valence-electron chi connectivity index (χ1n) is 11.8. The van der Waals surface area contributed by atoms with Gasteiger partial charge in [0, 0.05) is 16.7 Å². The highest BCUT2D eigenvalue weighted by atomic mass is 32.2. The highest BCUT2D eigenvalue weighted by molar-refractivity contribution is 8.00. The Bertz CT molecular complexity index is 763. The van der Waals surface area contributed by atoms with Gasteiger partial charge in [-0.2, -0.15) is 0 Å². The molecule has 1 amide bonds. The average molecular weight is 463 g/mol. The summed E-state index contributed by atoms with van der Waals surface area (Å²) in [7, 11) is 3.10. The largest absolute Gasteiger partial charge is 0.398 e. The van der Waals surface area contributed by atoms with Gasteiger partial charge < -0.3 is 10.2 Å². The molecule has 0 bridgehead atoms. The zero-order chi connectivity index (χ0) is 25.3. The van der Waals surface area contributed by atoms with Gasteiger partial charge in [0.25, 0.3) is 5.91 Å². The zero-order valence-corrected chi connectivity index (χ0v) is 23.3. The van der Waals surface area contributed by atoms with E-state index in [0.717, 1.165) is 18.4 Å². The molecule has 0 atom stereocenters. The highest BCUT2D eigenvalue weighted by Crippen LogP contribution is 2.45. The van der Waals surface area contributed by atoms with Crippen LogP contribution >= 0.6 is 11.8 Å². The Labute approximate surface area is 202 Å². The highest BCUT2D eigenvalue weighted by Gasteiger charge is 2.33. The number of oxime groups is 1. The fourth-order valence-corrected chi connectivity index (χ4v) is 4.34. The first-order chi connectivity index (χ1) is 15.3. The standard InChI is InChI=1S/C21H28N2O2S.3C2H6/c1-14-12-17(19(23-25-6)20(24)22-5)18(13-15(14)2)21(3,4)26-16-10-8-7-9-11-16;3*1-2/h7-11H,12-13H2,1-6H3,(H,22,24);3*1-2H3/b23-19-;;;. The number of carbonyl (C=O) groups excluding carboxylic acids is 1. The third-order valence-corrected chi connectivity index (χ3v) is 5.99. The van der Waals surface area contributed by atoms with Gasteiger partial charge in [0.05, 0.1) is 0 Å². The zero-order valence-electron chi connectivity index (χ0n) is 22.5. The normalized spacial score (nSPS) is 13.6. The van der Waals surface area contributed by atoms with Crippen LogP contribution in [0.1, 0.15) is 82.1 Å². The topological polar surface area (TPSA) is 50.7 Å². The van der Waals surface area contributed by atoms with Crippen molar-refractivity contribution in [1.82, 2.24) is 5.32 Å². The van der Waals surface area contributed by atoms with Gasteiger partial charge in [-0.05, 0) is 63.8 Å². The van der Waals surface area contributed by atoms with Gasteiger partial charge >= 0.3 is 0 Å². The molecule has 1 aliphatic rings. The number of nitrogens with zero attached hydrogens (tertiary/aromatic N) is 1. The molecule has 0 saturated heterocycles. The predicted octanol–water partition coefficient (Wildman–Crippen LogP) is 7.81. The summed E-state index contributed by atoms with van der Waals surface area (Å²) in [6.45, 7) is 20.7. The molecule has 182 valence electrons. The van der Waals surface area contributed by atoms with E-state index in [1.165, 1.54) is 28.7 Å². The van der Waals surface area contributed by atoms with Crippen molar-refractivity contribution in [3.05, 3.63) is 52.6 Å². The Hall–Kier alpha value is -2.01. The first kappa shape index (κ1) is 32.2. The maximum atomic E-state index is 12.4. The molecule has 4 nitrogen and oxygen atoms in total. The summed E-state index contributed by atoms with van der Waals surface area (Å²) < 4.78 is -0.179. The molecule has 0 radical (unpaired) electrons. The molecule has 5 heteroatoms. The SMILES string of the molecule is CC.CC.CC.CNC(=O)/C(=N\OC)C1=C(C(C)(C)Sc2ccccc2)CC(C)=C(C)C1. The molecular formula is C27H46N2O2S. The minimum absolute atomic E-state index is 0.179. The number of nitrogens with one attached hydrogen (secondary N) is 1. The van der Waals surface area contributed by atoms with E-state index in [0.29, 0.717) is 5.71 Å². The Morgan fingerprint density at radius 3 is 1.94 bits per heavy atom. The minimum atomic E-state index is -0.216. The van der Waals surface area contributed by atoms with Crippen molar-refractivity contribution in [2.45, 2.75) is 91.7 Å². The molecule has 0 unspecified atom stereocenters. The van der Waals surface area contributed by atoms with Gasteiger partial charge in [0.2, 0.25) is 0 Å². The van der Waals surface area contributed by atoms with Crippen molar-refractivity contribution in [1.29, 1.82) is 0 Å². The second-order valence-electron chi connectivity index (χ2n) is 7.00. The van der Waals surface area contributed by atoms with E-state index in [9.17, 15) is 4.79 Å². The maximum Gasteiger partial charge on any atom is 0.273 e. The third kappa shape index (κ3) is 9.64. The summed E-state index contributed by atoms with van der Waals surface area (Å²) in [4.78, 5) is 18.6. The summed E-state index contributed by atoms with van der Waals surface area (Å²) in [5.74, 6) is -0.216. The molecule has 0 fully saturated rings. The monoisotopic (exact) mass is 462 g/mol. The number of rotatable bonds is 6. The Kier molecular flexibility index (Phi) is 17.6. The molecule has 0 spiro atoms. The van der Waals surface area contributed by atoms with Crippen molar-refractivity contribution < 1.29 is 9.63 Å². The van der Waals surface area contributed by atoms with Gasteiger partial charge in [0.1, 0.15) is 7.11 Å². The summed E-state index contributed by atoms with van der Waals surface area (Å²) in [6, 6.07) is 10.4. The Balaban J connectivity index is 0. The average Bonchev–Trinajstić information content (AvgIpc) is 2.83. The van der Waals surface area contributed by atoms with Gasteiger partial charge in [-0.25, -0.2) is 0 Å². The second kappa shape index (κ2) is 17.5. The molecule has 2 rings (SSSR count). The smallest absolute Gasteiger partial charge is 0.273 e. The van der Waals surface area contributed by atoms with Crippen molar-refractivity contribution in [2.75, 3.05) is 14.2 Å². The van der Waals surface area contributed by atoms with E-state index >= 15 is 0 Å². The van der Waals surface area contributed by atoms with E-state index in [-0.39, 0.29) is 10.7 Å². The Morgan fingerprint density at radius 2 is 1.47 bits per heavy atom. The summed E-state index contributed by atoms with van der Waals surface area (Å²) in [6.07, 6.45) is 1.56. The first-order valence-corrected chi connectivity index (χ1v) is 12.6. The number of hydrogen-bond donors (Lipinski definition) is 1. The van der Waals surface area contributed by atoms with Gasteiger partial charge in [0.15, 0.2) is 5.71 Å². The van der Waals surface area contributed by atoms with Crippen LogP contribution in [0.3, 0.4) is 0 Å². The van der Waals surface area contributed by atoms with Crippen LogP contribution in [0.5, 0.6) is 0 Å². The van der Waals surface area contributed by atoms with Crippen LogP contribution in [0, 0.1) is 0 Å². The van der Waals surface area contributed by atoms with Gasteiger partial charge in [-0.3, -0.25) is 4.79 Å². The molecule has 32 heavy (non-hydrogen) atoms. The molecule has 0 heterocycles. The number of carbonyl (C=O) groups is 1. The van der Waals surface area contributed by atoms with Crippen LogP contribution in [0.15, 0.2) is 62.7 Å². The molecule has 0 saturated carbocycles. The van der Waals surface area contributed by atoms with Gasteiger partial charge in [-0.15, -0.1) is 11.8 Å².